The van der Waals surface area contributed by atoms with Crippen molar-refractivity contribution in [3.63, 3.8) is 0 Å². The summed E-state index contributed by atoms with van der Waals surface area (Å²) in [5.74, 6) is 1.31. The number of anilines is 1. The van der Waals surface area contributed by atoms with Crippen LogP contribution in [0.15, 0.2) is 93.2 Å². The van der Waals surface area contributed by atoms with Crippen LogP contribution in [0.2, 0.25) is 0 Å². The molecule has 0 saturated carbocycles. The molecule has 0 aliphatic rings. The SMILES string of the molecule is Cn1c(=O)n(C)c2cc(Oc3cccc(OCc4ccccc4)c3)c(NS(=O)(=O)c3ccsc3)cc21. The number of nitrogens with zero attached hydrogens (tertiary/aromatic N) is 2. The predicted molar refractivity (Wildman–Crippen MR) is 141 cm³/mol. The Morgan fingerprint density at radius 1 is 0.889 bits per heavy atom. The van der Waals surface area contributed by atoms with Crippen molar-refractivity contribution in [3.05, 3.63) is 99.6 Å². The summed E-state index contributed by atoms with van der Waals surface area (Å²) in [6.45, 7) is 0.397. The van der Waals surface area contributed by atoms with Gasteiger partial charge in [0.25, 0.3) is 10.0 Å². The molecule has 5 rings (SSSR count). The molecule has 0 fully saturated rings. The molecule has 10 heteroatoms. The molecule has 2 heterocycles. The van der Waals surface area contributed by atoms with Gasteiger partial charge in [-0.15, -0.1) is 0 Å². The molecule has 0 saturated heterocycles. The normalized spacial score (nSPS) is 11.5. The van der Waals surface area contributed by atoms with E-state index in [9.17, 15) is 13.2 Å². The third kappa shape index (κ3) is 4.73. The maximum absolute atomic E-state index is 13.0. The molecule has 0 aliphatic heterocycles. The monoisotopic (exact) mass is 521 g/mol. The van der Waals surface area contributed by atoms with Gasteiger partial charge in [-0.2, -0.15) is 11.3 Å². The van der Waals surface area contributed by atoms with Crippen LogP contribution in [0.25, 0.3) is 11.0 Å². The van der Waals surface area contributed by atoms with Crippen molar-refractivity contribution >= 4 is 38.1 Å². The van der Waals surface area contributed by atoms with Gasteiger partial charge in [-0.05, 0) is 35.2 Å². The van der Waals surface area contributed by atoms with Gasteiger partial charge in [0.1, 0.15) is 18.1 Å². The van der Waals surface area contributed by atoms with Crippen molar-refractivity contribution in [1.82, 2.24) is 9.13 Å². The molecule has 0 unspecified atom stereocenters. The second kappa shape index (κ2) is 9.56. The Kier molecular flexibility index (Phi) is 6.29. The van der Waals surface area contributed by atoms with Crippen LogP contribution in [0.5, 0.6) is 17.2 Å². The number of aromatic nitrogens is 2. The third-order valence-corrected chi connectivity index (χ3v) is 7.90. The van der Waals surface area contributed by atoms with Crippen molar-refractivity contribution in [1.29, 1.82) is 0 Å². The molecule has 0 spiro atoms. The van der Waals surface area contributed by atoms with Crippen LogP contribution in [0, 0.1) is 0 Å². The lowest BCUT2D eigenvalue weighted by Gasteiger charge is -2.15. The highest BCUT2D eigenvalue weighted by Gasteiger charge is 2.20. The number of aryl methyl sites for hydroxylation is 2. The number of imidazole rings is 1. The van der Waals surface area contributed by atoms with Gasteiger partial charge < -0.3 is 9.47 Å². The Labute approximate surface area is 212 Å². The zero-order chi connectivity index (χ0) is 25.3. The van der Waals surface area contributed by atoms with E-state index in [1.807, 2.05) is 36.4 Å². The van der Waals surface area contributed by atoms with Gasteiger partial charge in [-0.25, -0.2) is 13.2 Å². The molecule has 0 radical (unpaired) electrons. The fourth-order valence-corrected chi connectivity index (χ4v) is 5.88. The molecule has 0 amide bonds. The number of hydrogen-bond donors (Lipinski definition) is 1. The number of benzene rings is 3. The Bertz CT molecular complexity index is 1690. The molecular formula is C26H23N3O5S2. The van der Waals surface area contributed by atoms with E-state index in [-0.39, 0.29) is 22.0 Å². The Morgan fingerprint density at radius 2 is 1.61 bits per heavy atom. The van der Waals surface area contributed by atoms with Gasteiger partial charge in [0.15, 0.2) is 5.75 Å². The number of sulfonamides is 1. The van der Waals surface area contributed by atoms with Crippen LogP contribution >= 0.6 is 11.3 Å². The molecule has 5 aromatic rings. The lowest BCUT2D eigenvalue weighted by atomic mass is 10.2. The standard InChI is InChI=1S/C26H23N3O5S2/c1-28-23-14-22(27-36(31,32)21-11-12-35-17-21)25(15-24(23)29(2)26(28)30)34-20-10-6-9-19(13-20)33-16-18-7-4-3-5-8-18/h3-15,17,27H,16H2,1-2H3. The van der Waals surface area contributed by atoms with Gasteiger partial charge in [-0.1, -0.05) is 36.4 Å². The van der Waals surface area contributed by atoms with Gasteiger partial charge >= 0.3 is 5.69 Å². The molecule has 0 aliphatic carbocycles. The topological polar surface area (TPSA) is 91.6 Å². The molecular weight excluding hydrogens is 498 g/mol. The number of rotatable bonds is 8. The number of thiophene rings is 1. The number of nitrogens with one attached hydrogen (secondary N) is 1. The maximum Gasteiger partial charge on any atom is 0.328 e. The third-order valence-electron chi connectivity index (χ3n) is 5.70. The van der Waals surface area contributed by atoms with E-state index >= 15 is 0 Å². The summed E-state index contributed by atoms with van der Waals surface area (Å²) < 4.78 is 43.6. The number of ether oxygens (including phenoxy) is 2. The van der Waals surface area contributed by atoms with Crippen molar-refractivity contribution in [2.24, 2.45) is 14.1 Å². The van der Waals surface area contributed by atoms with Crippen LogP contribution in [-0.2, 0) is 30.7 Å². The summed E-state index contributed by atoms with van der Waals surface area (Å²) in [6, 6.07) is 21.7. The molecule has 8 nitrogen and oxygen atoms in total. The zero-order valence-corrected chi connectivity index (χ0v) is 21.2. The largest absolute Gasteiger partial charge is 0.489 e. The van der Waals surface area contributed by atoms with E-state index in [2.05, 4.69) is 4.72 Å². The summed E-state index contributed by atoms with van der Waals surface area (Å²) in [4.78, 5) is 12.7. The lowest BCUT2D eigenvalue weighted by molar-refractivity contribution is 0.304. The minimum absolute atomic E-state index is 0.150. The highest BCUT2D eigenvalue weighted by molar-refractivity contribution is 7.92. The van der Waals surface area contributed by atoms with Crippen LogP contribution in [0.4, 0.5) is 5.69 Å². The quantitative estimate of drug-likeness (QED) is 0.306. The second-order valence-corrected chi connectivity index (χ2v) is 10.6. The Balaban J connectivity index is 1.50. The van der Waals surface area contributed by atoms with E-state index < -0.39 is 10.0 Å². The summed E-state index contributed by atoms with van der Waals surface area (Å²) in [7, 11) is -0.566. The first-order valence-corrected chi connectivity index (χ1v) is 13.4. The first kappa shape index (κ1) is 23.7. The minimum atomic E-state index is -3.86. The van der Waals surface area contributed by atoms with Crippen LogP contribution in [0.3, 0.4) is 0 Å². The van der Waals surface area contributed by atoms with Crippen molar-refractivity contribution in [3.8, 4) is 17.2 Å². The Hall–Kier alpha value is -4.02. The first-order chi connectivity index (χ1) is 17.3. The Morgan fingerprint density at radius 3 is 2.33 bits per heavy atom. The van der Waals surface area contributed by atoms with Crippen LogP contribution in [-0.4, -0.2) is 17.6 Å². The minimum Gasteiger partial charge on any atom is -0.489 e. The van der Waals surface area contributed by atoms with Gasteiger partial charge in [0.2, 0.25) is 0 Å². The number of fused-ring (bicyclic) bond motifs is 1. The second-order valence-electron chi connectivity index (χ2n) is 8.15. The van der Waals surface area contributed by atoms with E-state index in [1.54, 1.807) is 55.2 Å². The molecule has 2 aromatic heterocycles. The molecule has 36 heavy (non-hydrogen) atoms. The molecule has 0 atom stereocenters. The lowest BCUT2D eigenvalue weighted by Crippen LogP contribution is -2.19. The molecule has 3 aromatic carbocycles. The smallest absolute Gasteiger partial charge is 0.328 e. The average molecular weight is 522 g/mol. The average Bonchev–Trinajstić information content (AvgIpc) is 3.50. The fourth-order valence-electron chi connectivity index (χ4n) is 3.79. The van der Waals surface area contributed by atoms with Crippen LogP contribution < -0.4 is 19.9 Å². The van der Waals surface area contributed by atoms with Gasteiger partial charge in [-0.3, -0.25) is 13.9 Å². The van der Waals surface area contributed by atoms with E-state index in [0.717, 1.165) is 5.56 Å². The molecule has 1 N–H and O–H groups in total. The van der Waals surface area contributed by atoms with Crippen molar-refractivity contribution < 1.29 is 17.9 Å². The highest BCUT2D eigenvalue weighted by Crippen LogP contribution is 2.36. The predicted octanol–water partition coefficient (Wildman–Crippen LogP) is 5.11. The van der Waals surface area contributed by atoms with E-state index in [4.69, 9.17) is 9.47 Å². The van der Waals surface area contributed by atoms with Crippen LogP contribution in [0.1, 0.15) is 5.56 Å². The van der Waals surface area contributed by atoms with Crippen molar-refractivity contribution in [2.45, 2.75) is 11.5 Å². The highest BCUT2D eigenvalue weighted by atomic mass is 32.2. The van der Waals surface area contributed by atoms with Gasteiger partial charge in [0, 0.05) is 31.6 Å². The summed E-state index contributed by atoms with van der Waals surface area (Å²) in [5.41, 5.74) is 2.19. The van der Waals surface area contributed by atoms with E-state index in [1.165, 1.54) is 26.5 Å². The van der Waals surface area contributed by atoms with E-state index in [0.29, 0.717) is 29.1 Å². The van der Waals surface area contributed by atoms with Gasteiger partial charge in [0.05, 0.1) is 21.6 Å². The fraction of sp³-hybridized carbons (Fsp3) is 0.115. The first-order valence-electron chi connectivity index (χ1n) is 11.0. The summed E-state index contributed by atoms with van der Waals surface area (Å²) >= 11 is 1.29. The maximum atomic E-state index is 13.0. The zero-order valence-electron chi connectivity index (χ0n) is 19.5. The number of hydrogen-bond acceptors (Lipinski definition) is 6. The summed E-state index contributed by atoms with van der Waals surface area (Å²) in [6.07, 6.45) is 0. The molecule has 0 bridgehead atoms. The molecule has 184 valence electrons. The van der Waals surface area contributed by atoms with Crippen molar-refractivity contribution in [2.75, 3.05) is 4.72 Å². The summed E-state index contributed by atoms with van der Waals surface area (Å²) in [5, 5.41) is 3.24.